The first kappa shape index (κ1) is 22.7. The number of nitrogens with zero attached hydrogens (tertiary/aromatic N) is 1. The Labute approximate surface area is 175 Å². The summed E-state index contributed by atoms with van der Waals surface area (Å²) in [7, 11) is 0. The van der Waals surface area contributed by atoms with Gasteiger partial charge < -0.3 is 10.2 Å². The molecular formula is C25H34N2O2. The number of hydrogen-bond donors (Lipinski definition) is 1. The zero-order valence-electron chi connectivity index (χ0n) is 18.2. The molecule has 0 bridgehead atoms. The number of nitrogens with one attached hydrogen (secondary N) is 1. The third-order valence-corrected chi connectivity index (χ3v) is 4.84. The van der Waals surface area contributed by atoms with Gasteiger partial charge in [0.2, 0.25) is 11.8 Å². The minimum absolute atomic E-state index is 0.0284. The fourth-order valence-electron chi connectivity index (χ4n) is 3.39. The maximum Gasteiger partial charge on any atom is 0.243 e. The molecule has 156 valence electrons. The second-order valence-electron chi connectivity index (χ2n) is 8.47. The fourth-order valence-corrected chi connectivity index (χ4v) is 3.39. The predicted molar refractivity (Wildman–Crippen MR) is 119 cm³/mol. The van der Waals surface area contributed by atoms with Gasteiger partial charge >= 0.3 is 0 Å². The van der Waals surface area contributed by atoms with E-state index < -0.39 is 6.04 Å². The first-order valence-corrected chi connectivity index (χ1v) is 10.5. The van der Waals surface area contributed by atoms with Gasteiger partial charge in [0.25, 0.3) is 0 Å². The Morgan fingerprint density at radius 1 is 0.897 bits per heavy atom. The van der Waals surface area contributed by atoms with E-state index in [4.69, 9.17) is 0 Å². The molecule has 2 rings (SSSR count). The largest absolute Gasteiger partial charge is 0.350 e. The number of carbonyl (C=O) groups excluding carboxylic acids is 2. The van der Waals surface area contributed by atoms with Crippen molar-refractivity contribution in [2.24, 2.45) is 0 Å². The highest BCUT2D eigenvalue weighted by Crippen LogP contribution is 2.14. The molecule has 2 amide bonds. The predicted octanol–water partition coefficient (Wildman–Crippen LogP) is 4.38. The summed E-state index contributed by atoms with van der Waals surface area (Å²) in [6.07, 6.45) is 2.40. The average molecular weight is 395 g/mol. The lowest BCUT2D eigenvalue weighted by molar-refractivity contribution is -0.141. The summed E-state index contributed by atoms with van der Waals surface area (Å²) in [4.78, 5) is 27.8. The normalized spacial score (nSPS) is 12.3. The molecule has 0 aromatic heterocycles. The summed E-state index contributed by atoms with van der Waals surface area (Å²) in [6, 6.07) is 19.7. The van der Waals surface area contributed by atoms with Crippen LogP contribution >= 0.6 is 0 Å². The summed E-state index contributed by atoms with van der Waals surface area (Å²) in [5.41, 5.74) is 1.97. The van der Waals surface area contributed by atoms with Crippen LogP contribution in [0.5, 0.6) is 0 Å². The van der Waals surface area contributed by atoms with Gasteiger partial charge in [-0.3, -0.25) is 9.59 Å². The number of benzene rings is 2. The minimum Gasteiger partial charge on any atom is -0.350 e. The Hall–Kier alpha value is -2.62. The van der Waals surface area contributed by atoms with Crippen molar-refractivity contribution in [3.05, 3.63) is 71.8 Å². The van der Waals surface area contributed by atoms with Crippen molar-refractivity contribution in [3.63, 3.8) is 0 Å². The molecule has 4 heteroatoms. The third-order valence-electron chi connectivity index (χ3n) is 4.84. The molecule has 0 aliphatic rings. The summed E-state index contributed by atoms with van der Waals surface area (Å²) in [5.74, 6) is -0.0539. The van der Waals surface area contributed by atoms with Gasteiger partial charge in [-0.15, -0.1) is 0 Å². The fraction of sp³-hybridized carbons (Fsp3) is 0.440. The van der Waals surface area contributed by atoms with Gasteiger partial charge in [-0.2, -0.15) is 0 Å². The van der Waals surface area contributed by atoms with Gasteiger partial charge in [-0.05, 0) is 51.2 Å². The number of amides is 2. The third kappa shape index (κ3) is 7.72. The van der Waals surface area contributed by atoms with Crippen LogP contribution in [0.2, 0.25) is 0 Å². The van der Waals surface area contributed by atoms with E-state index in [9.17, 15) is 9.59 Å². The van der Waals surface area contributed by atoms with E-state index in [1.54, 1.807) is 4.90 Å². The Bertz CT molecular complexity index is 766. The first-order chi connectivity index (χ1) is 13.8. The Morgan fingerprint density at radius 3 is 1.90 bits per heavy atom. The van der Waals surface area contributed by atoms with E-state index in [0.717, 1.165) is 12.0 Å². The number of rotatable bonds is 9. The lowest BCUT2D eigenvalue weighted by Gasteiger charge is -2.33. The highest BCUT2D eigenvalue weighted by Gasteiger charge is 2.30. The van der Waals surface area contributed by atoms with Gasteiger partial charge in [0.05, 0.1) is 0 Å². The molecule has 0 heterocycles. The first-order valence-electron chi connectivity index (χ1n) is 10.5. The molecule has 2 aromatic carbocycles. The van der Waals surface area contributed by atoms with Crippen LogP contribution in [-0.2, 0) is 22.4 Å². The van der Waals surface area contributed by atoms with E-state index >= 15 is 0 Å². The van der Waals surface area contributed by atoms with Gasteiger partial charge in [-0.25, -0.2) is 0 Å². The molecule has 0 spiro atoms. The van der Waals surface area contributed by atoms with Crippen molar-refractivity contribution in [2.45, 2.75) is 65.0 Å². The van der Waals surface area contributed by atoms with Crippen molar-refractivity contribution in [2.75, 3.05) is 6.54 Å². The standard InChI is InChI=1S/C25H34N2O2/c1-5-22(24(29)26-25(2,3)4)27(19-18-21-14-10-7-11-15-21)23(28)17-16-20-12-8-6-9-13-20/h6-15,22H,5,16-19H2,1-4H3,(H,26,29). The second-order valence-corrected chi connectivity index (χ2v) is 8.47. The van der Waals surface area contributed by atoms with E-state index in [2.05, 4.69) is 17.4 Å². The molecule has 0 saturated carbocycles. The lowest BCUT2D eigenvalue weighted by Crippen LogP contribution is -2.54. The molecule has 0 saturated heterocycles. The topological polar surface area (TPSA) is 49.4 Å². The molecule has 1 unspecified atom stereocenters. The summed E-state index contributed by atoms with van der Waals surface area (Å²) < 4.78 is 0. The van der Waals surface area contributed by atoms with E-state index in [1.165, 1.54) is 5.56 Å². The zero-order chi connectivity index (χ0) is 21.3. The van der Waals surface area contributed by atoms with Crippen LogP contribution in [0.25, 0.3) is 0 Å². The summed E-state index contributed by atoms with van der Waals surface area (Å²) in [6.45, 7) is 8.38. The van der Waals surface area contributed by atoms with Gasteiger partial charge in [0.1, 0.15) is 6.04 Å². The van der Waals surface area contributed by atoms with Gasteiger partial charge in [0, 0.05) is 18.5 Å². The van der Waals surface area contributed by atoms with Crippen LogP contribution in [0.3, 0.4) is 0 Å². The van der Waals surface area contributed by atoms with Crippen LogP contribution in [0.15, 0.2) is 60.7 Å². The maximum atomic E-state index is 13.2. The smallest absolute Gasteiger partial charge is 0.243 e. The number of aryl methyl sites for hydroxylation is 1. The zero-order valence-corrected chi connectivity index (χ0v) is 18.2. The maximum absolute atomic E-state index is 13.2. The highest BCUT2D eigenvalue weighted by atomic mass is 16.2. The molecular weight excluding hydrogens is 360 g/mol. The minimum atomic E-state index is -0.457. The molecule has 29 heavy (non-hydrogen) atoms. The van der Waals surface area contributed by atoms with Crippen molar-refractivity contribution in [1.29, 1.82) is 0 Å². The van der Waals surface area contributed by atoms with Crippen LogP contribution in [0, 0.1) is 0 Å². The second kappa shape index (κ2) is 10.8. The molecule has 0 aliphatic heterocycles. The van der Waals surface area contributed by atoms with Crippen molar-refractivity contribution in [3.8, 4) is 0 Å². The lowest BCUT2D eigenvalue weighted by atomic mass is 10.0. The van der Waals surface area contributed by atoms with E-state index in [1.807, 2.05) is 76.2 Å². The Balaban J connectivity index is 2.13. The van der Waals surface area contributed by atoms with Gasteiger partial charge in [0.15, 0.2) is 0 Å². The van der Waals surface area contributed by atoms with Crippen LogP contribution < -0.4 is 5.32 Å². The summed E-state index contributed by atoms with van der Waals surface area (Å²) in [5, 5.41) is 3.04. The Morgan fingerprint density at radius 2 is 1.41 bits per heavy atom. The number of hydrogen-bond acceptors (Lipinski definition) is 2. The SMILES string of the molecule is CCC(C(=O)NC(C)(C)C)N(CCc1ccccc1)C(=O)CCc1ccccc1. The monoisotopic (exact) mass is 394 g/mol. The van der Waals surface area contributed by atoms with Gasteiger partial charge in [-0.1, -0.05) is 67.6 Å². The molecule has 0 radical (unpaired) electrons. The quantitative estimate of drug-likeness (QED) is 0.686. The van der Waals surface area contributed by atoms with Crippen LogP contribution in [0.4, 0.5) is 0 Å². The van der Waals surface area contributed by atoms with Crippen LogP contribution in [0.1, 0.15) is 51.7 Å². The molecule has 0 aliphatic carbocycles. The Kier molecular flexibility index (Phi) is 8.44. The molecule has 1 atom stereocenters. The molecule has 4 nitrogen and oxygen atoms in total. The molecule has 1 N–H and O–H groups in total. The van der Waals surface area contributed by atoms with Crippen molar-refractivity contribution in [1.82, 2.24) is 10.2 Å². The van der Waals surface area contributed by atoms with Crippen molar-refractivity contribution >= 4 is 11.8 Å². The van der Waals surface area contributed by atoms with E-state index in [-0.39, 0.29) is 17.4 Å². The highest BCUT2D eigenvalue weighted by molar-refractivity contribution is 5.88. The number of carbonyl (C=O) groups is 2. The molecule has 0 fully saturated rings. The van der Waals surface area contributed by atoms with Crippen molar-refractivity contribution < 1.29 is 9.59 Å². The van der Waals surface area contributed by atoms with E-state index in [0.29, 0.717) is 25.8 Å². The summed E-state index contributed by atoms with van der Waals surface area (Å²) >= 11 is 0. The average Bonchev–Trinajstić information content (AvgIpc) is 2.69. The van der Waals surface area contributed by atoms with Crippen LogP contribution in [-0.4, -0.2) is 34.8 Å². The molecule has 2 aromatic rings.